The summed E-state index contributed by atoms with van der Waals surface area (Å²) in [5, 5.41) is 102. The predicted molar refractivity (Wildman–Crippen MR) is 104 cm³/mol. The van der Waals surface area contributed by atoms with Gasteiger partial charge in [0, 0.05) is 16.7 Å². The summed E-state index contributed by atoms with van der Waals surface area (Å²) in [6.45, 7) is -1.06. The van der Waals surface area contributed by atoms with Gasteiger partial charge in [0.1, 0.15) is 18.3 Å². The highest BCUT2D eigenvalue weighted by Gasteiger charge is 2.51. The van der Waals surface area contributed by atoms with Crippen molar-refractivity contribution in [1.82, 2.24) is 0 Å². The predicted octanol–water partition coefficient (Wildman–Crippen LogP) is -1.59. The van der Waals surface area contributed by atoms with Crippen LogP contribution in [0.1, 0.15) is 32.4 Å². The van der Waals surface area contributed by atoms with Gasteiger partial charge in [-0.2, -0.15) is 0 Å². The van der Waals surface area contributed by atoms with E-state index >= 15 is 0 Å². The van der Waals surface area contributed by atoms with Gasteiger partial charge in [-0.1, -0.05) is 0 Å². The molecule has 0 aromatic heterocycles. The average molecular weight is 482 g/mol. The van der Waals surface area contributed by atoms with Crippen LogP contribution >= 0.6 is 0 Å². The van der Waals surface area contributed by atoms with Gasteiger partial charge in [-0.25, -0.2) is 9.59 Å². The van der Waals surface area contributed by atoms with Crippen molar-refractivity contribution < 1.29 is 70.1 Å². The highest BCUT2D eigenvalue weighted by atomic mass is 16.6. The van der Waals surface area contributed by atoms with Crippen molar-refractivity contribution in [3.63, 3.8) is 0 Å². The number of benzene rings is 2. The van der Waals surface area contributed by atoms with Gasteiger partial charge in [0.05, 0.1) is 17.7 Å². The Kier molecular flexibility index (Phi) is 5.32. The number of phenolic OH excluding ortho intramolecular Hbond substituents is 6. The second kappa shape index (κ2) is 7.81. The van der Waals surface area contributed by atoms with Crippen molar-refractivity contribution in [2.45, 2.75) is 30.5 Å². The number of aromatic hydroxyl groups is 6. The van der Waals surface area contributed by atoms with E-state index in [2.05, 4.69) is 0 Å². The highest BCUT2D eigenvalue weighted by molar-refractivity contribution is 6.10. The third kappa shape index (κ3) is 3.04. The molecule has 0 fully saturated rings. The molecule has 0 aliphatic carbocycles. The molecule has 0 unspecified atom stereocenters. The summed E-state index contributed by atoms with van der Waals surface area (Å²) in [6, 6.07) is 0.575. The van der Waals surface area contributed by atoms with Crippen LogP contribution in [0.25, 0.3) is 11.1 Å². The van der Waals surface area contributed by atoms with Gasteiger partial charge in [0.2, 0.25) is 11.5 Å². The van der Waals surface area contributed by atoms with Gasteiger partial charge < -0.3 is 60.5 Å². The molecule has 14 nitrogen and oxygen atoms in total. The summed E-state index contributed by atoms with van der Waals surface area (Å²) in [7, 11) is 0. The van der Waals surface area contributed by atoms with Crippen LogP contribution in [0, 0.1) is 0 Å². The Morgan fingerprint density at radius 3 is 2.03 bits per heavy atom. The zero-order chi connectivity index (χ0) is 25.2. The molecule has 34 heavy (non-hydrogen) atoms. The number of fused-ring (bicyclic) bond motifs is 3. The number of hydrogen-bond donors (Lipinski definition) is 10. The Morgan fingerprint density at radius 2 is 1.41 bits per heavy atom. The lowest BCUT2D eigenvalue weighted by Crippen LogP contribution is -2.53. The Balaban J connectivity index is 2.17. The largest absolute Gasteiger partial charge is 0.504 e. The Labute approximate surface area is 188 Å². The van der Waals surface area contributed by atoms with E-state index in [0.29, 0.717) is 6.07 Å². The normalized spacial score (nSPS) is 23.0. The first-order valence-corrected chi connectivity index (χ1v) is 9.58. The third-order valence-corrected chi connectivity index (χ3v) is 5.72. The maximum absolute atomic E-state index is 13.0. The van der Waals surface area contributed by atoms with Gasteiger partial charge in [-0.3, -0.25) is 0 Å². The first kappa shape index (κ1) is 23.2. The molecule has 2 aromatic rings. The number of hydrogen-bond acceptors (Lipinski definition) is 14. The van der Waals surface area contributed by atoms with Gasteiger partial charge in [-0.05, 0) is 6.07 Å². The topological polar surface area (TPSA) is 255 Å². The van der Waals surface area contributed by atoms with Crippen LogP contribution in [0.4, 0.5) is 0 Å². The minimum absolute atomic E-state index is 0.575. The SMILES string of the molecule is O=C1O[C@@H]([C@H](O)[C@H](O)CO)[C@H]2OC(=O)c3c(c(O)c(O)c(O)c3[C@@H]2O)-c2c1cc(O)c(O)c2O. The molecule has 10 N–H and O–H groups in total. The monoisotopic (exact) mass is 482 g/mol. The van der Waals surface area contributed by atoms with E-state index < -0.39 is 111 Å². The number of phenols is 6. The first-order chi connectivity index (χ1) is 15.9. The smallest absolute Gasteiger partial charge is 0.339 e. The van der Waals surface area contributed by atoms with E-state index in [4.69, 9.17) is 9.47 Å². The number of ether oxygens (including phenoxy) is 2. The molecule has 3 aliphatic heterocycles. The van der Waals surface area contributed by atoms with Gasteiger partial charge in [-0.15, -0.1) is 0 Å². The molecular formula is C20H18O14. The summed E-state index contributed by atoms with van der Waals surface area (Å²) in [6.07, 6.45) is -10.4. The van der Waals surface area contributed by atoms with E-state index in [9.17, 15) is 60.7 Å². The number of rotatable bonds is 3. The molecule has 3 heterocycles. The molecule has 3 aliphatic rings. The molecule has 14 heteroatoms. The van der Waals surface area contributed by atoms with Crippen LogP contribution in [-0.2, 0) is 9.47 Å². The van der Waals surface area contributed by atoms with Crippen molar-refractivity contribution in [3.8, 4) is 45.6 Å². The summed E-state index contributed by atoms with van der Waals surface area (Å²) >= 11 is 0. The van der Waals surface area contributed by atoms with Gasteiger partial charge >= 0.3 is 11.9 Å². The minimum Gasteiger partial charge on any atom is -0.504 e. The molecule has 5 atom stereocenters. The lowest BCUT2D eigenvalue weighted by molar-refractivity contribution is -0.150. The molecule has 182 valence electrons. The molecule has 5 rings (SSSR count). The van der Waals surface area contributed by atoms with Gasteiger partial charge in [0.25, 0.3) is 0 Å². The zero-order valence-corrected chi connectivity index (χ0v) is 16.8. The fourth-order valence-corrected chi connectivity index (χ4v) is 4.03. The Hall–Kier alpha value is -3.98. The van der Waals surface area contributed by atoms with Crippen LogP contribution < -0.4 is 0 Å². The van der Waals surface area contributed by atoms with Crippen molar-refractivity contribution in [1.29, 1.82) is 0 Å². The lowest BCUT2D eigenvalue weighted by atomic mass is 9.82. The maximum Gasteiger partial charge on any atom is 0.339 e. The molecular weight excluding hydrogens is 464 g/mol. The minimum atomic E-state index is -2.18. The second-order valence-corrected chi connectivity index (χ2v) is 7.65. The summed E-state index contributed by atoms with van der Waals surface area (Å²) < 4.78 is 10.2. The fourth-order valence-electron chi connectivity index (χ4n) is 4.03. The van der Waals surface area contributed by atoms with Crippen LogP contribution in [0.3, 0.4) is 0 Å². The van der Waals surface area contributed by atoms with Gasteiger partial charge in [0.15, 0.2) is 35.2 Å². The number of aliphatic hydroxyl groups is 4. The van der Waals surface area contributed by atoms with E-state index in [1.54, 1.807) is 0 Å². The standard InChI is InChI=1S/C20H18O14/c21-2-5(23)11(25)17-18-15(29)9-8(20(32)34-18)7(13(27)16(30)14(9)28)6-3(19(31)33-17)1-4(22)10(24)12(6)26/h1,5,11,15,17-18,21-30H,2H2/t5-,11-,15+,17+,18+/m1/s1. The third-order valence-electron chi connectivity index (χ3n) is 5.72. The Bertz CT molecular complexity index is 1220. The first-order valence-electron chi connectivity index (χ1n) is 9.58. The summed E-state index contributed by atoms with van der Waals surface area (Å²) in [5.74, 6) is -10.2. The number of esters is 2. The zero-order valence-electron chi connectivity index (χ0n) is 16.8. The average Bonchev–Trinajstić information content (AvgIpc) is 2.80. The van der Waals surface area contributed by atoms with E-state index in [0.717, 1.165) is 0 Å². The lowest BCUT2D eigenvalue weighted by Gasteiger charge is -2.39. The van der Waals surface area contributed by atoms with Crippen molar-refractivity contribution in [2.75, 3.05) is 6.61 Å². The molecule has 0 saturated carbocycles. The molecule has 0 spiro atoms. The van der Waals surface area contributed by atoms with E-state index in [1.807, 2.05) is 0 Å². The highest BCUT2D eigenvalue weighted by Crippen LogP contribution is 2.57. The fraction of sp³-hybridized carbons (Fsp3) is 0.300. The molecule has 4 bridgehead atoms. The van der Waals surface area contributed by atoms with Crippen molar-refractivity contribution >= 4 is 11.9 Å². The molecule has 0 radical (unpaired) electrons. The van der Waals surface area contributed by atoms with Crippen molar-refractivity contribution in [2.24, 2.45) is 0 Å². The molecule has 2 aromatic carbocycles. The number of aliphatic hydroxyl groups excluding tert-OH is 4. The molecule has 0 saturated heterocycles. The Morgan fingerprint density at radius 1 is 0.794 bits per heavy atom. The maximum atomic E-state index is 13.0. The quantitative estimate of drug-likeness (QED) is 0.175. The number of carbonyl (C=O) groups excluding carboxylic acids is 2. The van der Waals surface area contributed by atoms with Crippen LogP contribution in [0.5, 0.6) is 34.5 Å². The summed E-state index contributed by atoms with van der Waals surface area (Å²) in [4.78, 5) is 25.9. The number of carbonyl (C=O) groups is 2. The van der Waals surface area contributed by atoms with E-state index in [-0.39, 0.29) is 0 Å². The van der Waals surface area contributed by atoms with E-state index in [1.165, 1.54) is 0 Å². The van der Waals surface area contributed by atoms with Crippen LogP contribution in [-0.4, -0.2) is 94.0 Å². The van der Waals surface area contributed by atoms with Crippen LogP contribution in [0.2, 0.25) is 0 Å². The summed E-state index contributed by atoms with van der Waals surface area (Å²) in [5.41, 5.74) is -4.13. The second-order valence-electron chi connectivity index (χ2n) is 7.65. The van der Waals surface area contributed by atoms with Crippen LogP contribution in [0.15, 0.2) is 6.07 Å². The molecule has 0 amide bonds. The van der Waals surface area contributed by atoms with Crippen molar-refractivity contribution in [3.05, 3.63) is 22.8 Å².